The SMILES string of the molecule is O=[N+]([O-])c1ccc(CS(=O)(=O)NC2(CO)CCCC2)cc1. The highest BCUT2D eigenvalue weighted by molar-refractivity contribution is 7.88. The molecule has 0 atom stereocenters. The molecule has 1 saturated carbocycles. The van der Waals surface area contributed by atoms with Crippen LogP contribution in [0.25, 0.3) is 0 Å². The van der Waals surface area contributed by atoms with Gasteiger partial charge in [0.2, 0.25) is 10.0 Å². The number of sulfonamides is 1. The van der Waals surface area contributed by atoms with Crippen molar-refractivity contribution in [1.29, 1.82) is 0 Å². The highest BCUT2D eigenvalue weighted by Crippen LogP contribution is 2.30. The number of nitrogens with zero attached hydrogens (tertiary/aromatic N) is 1. The molecule has 0 amide bonds. The standard InChI is InChI=1S/C13H18N2O5S/c16-10-13(7-1-2-8-13)14-21(19,20)9-11-3-5-12(6-4-11)15(17)18/h3-6,14,16H,1-2,7-10H2. The molecule has 1 aromatic rings. The molecule has 0 bridgehead atoms. The van der Waals surface area contributed by atoms with E-state index in [4.69, 9.17) is 0 Å². The van der Waals surface area contributed by atoms with Crippen LogP contribution in [0.4, 0.5) is 5.69 Å². The summed E-state index contributed by atoms with van der Waals surface area (Å²) >= 11 is 0. The summed E-state index contributed by atoms with van der Waals surface area (Å²) in [6.45, 7) is -0.216. The molecule has 1 aliphatic carbocycles. The molecule has 0 aromatic heterocycles. The molecule has 1 aliphatic rings. The summed E-state index contributed by atoms with van der Waals surface area (Å²) in [4.78, 5) is 10.0. The molecular formula is C13H18N2O5S. The molecule has 7 nitrogen and oxygen atoms in total. The lowest BCUT2D eigenvalue weighted by molar-refractivity contribution is -0.384. The molecule has 0 saturated heterocycles. The third-order valence-electron chi connectivity index (χ3n) is 3.74. The van der Waals surface area contributed by atoms with Gasteiger partial charge in [-0.2, -0.15) is 0 Å². The van der Waals surface area contributed by atoms with Crippen molar-refractivity contribution in [3.63, 3.8) is 0 Å². The maximum Gasteiger partial charge on any atom is 0.269 e. The monoisotopic (exact) mass is 314 g/mol. The molecule has 0 radical (unpaired) electrons. The molecule has 2 N–H and O–H groups in total. The summed E-state index contributed by atoms with van der Waals surface area (Å²) in [5.41, 5.74) is -0.356. The summed E-state index contributed by atoms with van der Waals surface area (Å²) in [5, 5.41) is 20.0. The van der Waals surface area contributed by atoms with E-state index in [1.54, 1.807) is 0 Å². The molecule has 0 spiro atoms. The van der Waals surface area contributed by atoms with E-state index in [9.17, 15) is 23.6 Å². The van der Waals surface area contributed by atoms with Crippen molar-refractivity contribution in [1.82, 2.24) is 4.72 Å². The Labute approximate surface area is 123 Å². The zero-order valence-electron chi connectivity index (χ0n) is 11.5. The summed E-state index contributed by atoms with van der Waals surface area (Å²) in [7, 11) is -3.60. The van der Waals surface area contributed by atoms with E-state index < -0.39 is 20.5 Å². The number of nitrogens with one attached hydrogen (secondary N) is 1. The van der Waals surface area contributed by atoms with Gasteiger partial charge in [0.1, 0.15) is 0 Å². The van der Waals surface area contributed by atoms with Crippen molar-refractivity contribution >= 4 is 15.7 Å². The zero-order chi connectivity index (χ0) is 15.5. The van der Waals surface area contributed by atoms with Crippen LogP contribution in [0.15, 0.2) is 24.3 Å². The topological polar surface area (TPSA) is 110 Å². The van der Waals surface area contributed by atoms with Crippen LogP contribution in [0.3, 0.4) is 0 Å². The first-order chi connectivity index (χ1) is 9.86. The smallest absolute Gasteiger partial charge is 0.269 e. The van der Waals surface area contributed by atoms with Crippen molar-refractivity contribution in [3.05, 3.63) is 39.9 Å². The summed E-state index contributed by atoms with van der Waals surface area (Å²) in [6, 6.07) is 5.42. The van der Waals surface area contributed by atoms with Crippen molar-refractivity contribution in [2.75, 3.05) is 6.61 Å². The van der Waals surface area contributed by atoms with Gasteiger partial charge in [0.25, 0.3) is 5.69 Å². The van der Waals surface area contributed by atoms with E-state index in [1.807, 2.05) is 0 Å². The Hall–Kier alpha value is -1.51. The van der Waals surface area contributed by atoms with Gasteiger partial charge in [0.05, 0.1) is 22.8 Å². The van der Waals surface area contributed by atoms with E-state index in [2.05, 4.69) is 4.72 Å². The normalized spacial score (nSPS) is 17.8. The van der Waals surface area contributed by atoms with Crippen LogP contribution < -0.4 is 4.72 Å². The molecular weight excluding hydrogens is 296 g/mol. The van der Waals surface area contributed by atoms with Crippen LogP contribution in [0, 0.1) is 10.1 Å². The molecule has 0 unspecified atom stereocenters. The molecule has 0 heterocycles. The predicted molar refractivity (Wildman–Crippen MR) is 77.1 cm³/mol. The number of rotatable bonds is 6. The zero-order valence-corrected chi connectivity index (χ0v) is 12.3. The van der Waals surface area contributed by atoms with Crippen LogP contribution in [-0.2, 0) is 15.8 Å². The summed E-state index contributed by atoms with van der Waals surface area (Å²) < 4.78 is 27.0. The second kappa shape index (κ2) is 6.08. The molecule has 1 fully saturated rings. The lowest BCUT2D eigenvalue weighted by atomic mass is 10.0. The van der Waals surface area contributed by atoms with Crippen molar-refractivity contribution in [2.45, 2.75) is 37.0 Å². The third kappa shape index (κ3) is 3.99. The Morgan fingerprint density at radius 3 is 2.29 bits per heavy atom. The number of nitro benzene ring substituents is 1. The first-order valence-electron chi connectivity index (χ1n) is 6.72. The number of non-ortho nitro benzene ring substituents is 1. The number of nitro groups is 1. The Bertz CT molecular complexity index is 606. The molecule has 2 rings (SSSR count). The van der Waals surface area contributed by atoms with Crippen LogP contribution in [0.5, 0.6) is 0 Å². The van der Waals surface area contributed by atoms with Gasteiger partial charge in [-0.25, -0.2) is 13.1 Å². The van der Waals surface area contributed by atoms with Crippen molar-refractivity contribution in [2.24, 2.45) is 0 Å². The summed E-state index contributed by atoms with van der Waals surface area (Å²) in [6.07, 6.45) is 3.03. The minimum absolute atomic E-state index is 0.0771. The van der Waals surface area contributed by atoms with Crippen LogP contribution in [-0.4, -0.2) is 30.6 Å². The number of aliphatic hydroxyl groups is 1. The lowest BCUT2D eigenvalue weighted by Crippen LogP contribution is -2.49. The van der Waals surface area contributed by atoms with Crippen LogP contribution in [0.1, 0.15) is 31.2 Å². The average Bonchev–Trinajstić information content (AvgIpc) is 2.87. The quantitative estimate of drug-likeness (QED) is 0.608. The van der Waals surface area contributed by atoms with E-state index >= 15 is 0 Å². The predicted octanol–water partition coefficient (Wildman–Crippen LogP) is 1.32. The third-order valence-corrected chi connectivity index (χ3v) is 5.20. The Morgan fingerprint density at radius 1 is 1.24 bits per heavy atom. The Morgan fingerprint density at radius 2 is 1.81 bits per heavy atom. The van der Waals surface area contributed by atoms with Crippen LogP contribution in [0.2, 0.25) is 0 Å². The Balaban J connectivity index is 2.08. The maximum atomic E-state index is 12.2. The van der Waals surface area contributed by atoms with Crippen molar-refractivity contribution in [3.8, 4) is 0 Å². The van der Waals surface area contributed by atoms with E-state index in [0.717, 1.165) is 12.8 Å². The fraction of sp³-hybridized carbons (Fsp3) is 0.538. The van der Waals surface area contributed by atoms with Gasteiger partial charge >= 0.3 is 0 Å². The second-order valence-electron chi connectivity index (χ2n) is 5.43. The fourth-order valence-electron chi connectivity index (χ4n) is 2.64. The van der Waals surface area contributed by atoms with Gasteiger partial charge in [-0.15, -0.1) is 0 Å². The number of hydrogen-bond acceptors (Lipinski definition) is 5. The number of aliphatic hydroxyl groups excluding tert-OH is 1. The second-order valence-corrected chi connectivity index (χ2v) is 7.15. The Kier molecular flexibility index (Phi) is 4.60. The van der Waals surface area contributed by atoms with E-state index in [-0.39, 0.29) is 18.0 Å². The molecule has 8 heteroatoms. The minimum Gasteiger partial charge on any atom is -0.394 e. The minimum atomic E-state index is -3.60. The number of benzene rings is 1. The highest BCUT2D eigenvalue weighted by atomic mass is 32.2. The highest BCUT2D eigenvalue weighted by Gasteiger charge is 2.36. The van der Waals surface area contributed by atoms with Gasteiger partial charge in [-0.3, -0.25) is 10.1 Å². The first kappa shape index (κ1) is 15.9. The van der Waals surface area contributed by atoms with E-state index in [1.165, 1.54) is 24.3 Å². The van der Waals surface area contributed by atoms with Gasteiger partial charge in [0.15, 0.2) is 0 Å². The largest absolute Gasteiger partial charge is 0.394 e. The molecule has 0 aliphatic heterocycles. The maximum absolute atomic E-state index is 12.2. The fourth-order valence-corrected chi connectivity index (χ4v) is 4.28. The molecule has 1 aromatic carbocycles. The van der Waals surface area contributed by atoms with E-state index in [0.29, 0.717) is 18.4 Å². The average molecular weight is 314 g/mol. The first-order valence-corrected chi connectivity index (χ1v) is 8.37. The van der Waals surface area contributed by atoms with Gasteiger partial charge in [0, 0.05) is 12.1 Å². The lowest BCUT2D eigenvalue weighted by Gasteiger charge is -2.27. The summed E-state index contributed by atoms with van der Waals surface area (Å²) in [5.74, 6) is -0.257. The molecule has 116 valence electrons. The molecule has 21 heavy (non-hydrogen) atoms. The van der Waals surface area contributed by atoms with Gasteiger partial charge in [-0.05, 0) is 18.4 Å². The number of hydrogen-bond donors (Lipinski definition) is 2. The van der Waals surface area contributed by atoms with Crippen molar-refractivity contribution < 1.29 is 18.4 Å². The van der Waals surface area contributed by atoms with Gasteiger partial charge in [-0.1, -0.05) is 25.0 Å². The van der Waals surface area contributed by atoms with Crippen LogP contribution >= 0.6 is 0 Å². The van der Waals surface area contributed by atoms with Gasteiger partial charge < -0.3 is 5.11 Å².